The predicted molar refractivity (Wildman–Crippen MR) is 115 cm³/mol. The van der Waals surface area contributed by atoms with Gasteiger partial charge in [-0.1, -0.05) is 6.07 Å². The number of carbonyl (C=O) groups excluding carboxylic acids is 1. The first-order valence-electron chi connectivity index (χ1n) is 9.55. The van der Waals surface area contributed by atoms with E-state index in [4.69, 9.17) is 15.2 Å². The van der Waals surface area contributed by atoms with Gasteiger partial charge in [-0.3, -0.25) is 14.9 Å². The van der Waals surface area contributed by atoms with E-state index in [0.717, 1.165) is 0 Å². The molecule has 3 aromatic rings. The smallest absolute Gasteiger partial charge is 0.269 e. The molecule has 1 atom stereocenters. The average molecular weight is 436 g/mol. The third-order valence-electron chi connectivity index (χ3n) is 5.18. The lowest BCUT2D eigenvalue weighted by Gasteiger charge is -2.28. The highest BCUT2D eigenvalue weighted by atomic mass is 16.6. The first-order chi connectivity index (χ1) is 15.3. The molecule has 1 aliphatic rings. The van der Waals surface area contributed by atoms with Gasteiger partial charge in [0.25, 0.3) is 5.69 Å². The Labute approximate surface area is 182 Å². The van der Waals surface area contributed by atoms with E-state index in [1.807, 2.05) is 0 Å². The molecule has 1 amide bonds. The molecule has 0 spiro atoms. The second-order valence-corrected chi connectivity index (χ2v) is 7.05. The van der Waals surface area contributed by atoms with Crippen LogP contribution in [0.1, 0.15) is 18.5 Å². The number of nitrogens with one attached hydrogen (secondary N) is 1. The second kappa shape index (κ2) is 8.02. The quantitative estimate of drug-likeness (QED) is 0.443. The summed E-state index contributed by atoms with van der Waals surface area (Å²) in [6, 6.07) is 10.5. The number of benzene rings is 2. The van der Waals surface area contributed by atoms with Gasteiger partial charge in [0, 0.05) is 23.4 Å². The fourth-order valence-electron chi connectivity index (χ4n) is 3.66. The van der Waals surface area contributed by atoms with Crippen molar-refractivity contribution in [3.63, 3.8) is 0 Å². The van der Waals surface area contributed by atoms with Crippen LogP contribution >= 0.6 is 0 Å². The molecule has 11 heteroatoms. The number of nitrogens with zero attached hydrogens (tertiary/aromatic N) is 4. The highest BCUT2D eigenvalue weighted by Gasteiger charge is 2.34. The second-order valence-electron chi connectivity index (χ2n) is 7.05. The van der Waals surface area contributed by atoms with E-state index in [0.29, 0.717) is 45.7 Å². The predicted octanol–water partition coefficient (Wildman–Crippen LogP) is 2.64. The van der Waals surface area contributed by atoms with Gasteiger partial charge in [0.2, 0.25) is 11.9 Å². The molecular weight excluding hydrogens is 416 g/mol. The molecule has 2 aromatic carbocycles. The largest absolute Gasteiger partial charge is 0.493 e. The van der Waals surface area contributed by atoms with E-state index in [1.54, 1.807) is 41.9 Å². The van der Waals surface area contributed by atoms with Crippen LogP contribution < -0.4 is 20.5 Å². The average Bonchev–Trinajstić information content (AvgIpc) is 3.21. The molecule has 0 bridgehead atoms. The number of fused-ring (bicyclic) bond motifs is 1. The number of ether oxygens (including phenoxy) is 2. The van der Waals surface area contributed by atoms with Crippen molar-refractivity contribution in [1.29, 1.82) is 0 Å². The number of hydrogen-bond acceptors (Lipinski definition) is 8. The molecule has 11 nitrogen and oxygen atoms in total. The maximum absolute atomic E-state index is 12.4. The lowest BCUT2D eigenvalue weighted by Crippen LogP contribution is -2.31. The van der Waals surface area contributed by atoms with Crippen molar-refractivity contribution in [2.24, 2.45) is 5.73 Å². The van der Waals surface area contributed by atoms with Crippen molar-refractivity contribution in [2.45, 2.75) is 13.0 Å². The summed E-state index contributed by atoms with van der Waals surface area (Å²) in [7, 11) is 3.06. The number of methoxy groups -OCH3 is 2. The monoisotopic (exact) mass is 436 g/mol. The fourth-order valence-corrected chi connectivity index (χ4v) is 3.66. The zero-order valence-electron chi connectivity index (χ0n) is 17.5. The first-order valence-corrected chi connectivity index (χ1v) is 9.55. The number of amides is 1. The van der Waals surface area contributed by atoms with Gasteiger partial charge in [-0.05, 0) is 36.8 Å². The first kappa shape index (κ1) is 20.8. The minimum Gasteiger partial charge on any atom is -0.493 e. The number of nitrogens with two attached hydrogens (primary N) is 1. The highest BCUT2D eigenvalue weighted by molar-refractivity contribution is 5.95. The summed E-state index contributed by atoms with van der Waals surface area (Å²) in [5.41, 5.74) is 7.83. The molecule has 3 N–H and O–H groups in total. The van der Waals surface area contributed by atoms with Crippen LogP contribution in [-0.4, -0.2) is 39.8 Å². The Morgan fingerprint density at radius 2 is 1.84 bits per heavy atom. The molecule has 0 radical (unpaired) electrons. The molecule has 164 valence electrons. The summed E-state index contributed by atoms with van der Waals surface area (Å²) in [6.45, 7) is 1.73. The molecule has 4 rings (SSSR count). The number of allylic oxidation sites excluding steroid dienone is 1. The lowest BCUT2D eigenvalue weighted by atomic mass is 9.95. The zero-order valence-corrected chi connectivity index (χ0v) is 17.5. The van der Waals surface area contributed by atoms with Crippen molar-refractivity contribution < 1.29 is 19.2 Å². The summed E-state index contributed by atoms with van der Waals surface area (Å²) >= 11 is 0. The number of aromatic nitrogens is 3. The van der Waals surface area contributed by atoms with E-state index in [2.05, 4.69) is 15.4 Å². The molecule has 32 heavy (non-hydrogen) atoms. The zero-order chi connectivity index (χ0) is 23.0. The number of nitro groups is 1. The normalized spacial score (nSPS) is 15.0. The van der Waals surface area contributed by atoms with E-state index < -0.39 is 16.9 Å². The summed E-state index contributed by atoms with van der Waals surface area (Å²) in [6.07, 6.45) is 0. The molecular formula is C21H20N6O5. The van der Waals surface area contributed by atoms with Crippen molar-refractivity contribution in [1.82, 2.24) is 14.8 Å². The summed E-state index contributed by atoms with van der Waals surface area (Å²) in [4.78, 5) is 27.3. The van der Waals surface area contributed by atoms with E-state index in [9.17, 15) is 14.9 Å². The third kappa shape index (κ3) is 3.49. The molecule has 1 aromatic heterocycles. The van der Waals surface area contributed by atoms with Gasteiger partial charge in [0.05, 0.1) is 24.7 Å². The van der Waals surface area contributed by atoms with Crippen LogP contribution in [0.5, 0.6) is 11.5 Å². The SMILES string of the molecule is COc1ccc(C2C(C(N)=O)=C(C)Nc3nc(-c4ccc([N+](=O)[O-])cc4)nn32)cc1OC. The number of anilines is 1. The van der Waals surface area contributed by atoms with E-state index in [-0.39, 0.29) is 5.69 Å². The summed E-state index contributed by atoms with van der Waals surface area (Å²) in [5, 5.41) is 18.6. The van der Waals surface area contributed by atoms with Crippen molar-refractivity contribution >= 4 is 17.5 Å². The van der Waals surface area contributed by atoms with Gasteiger partial charge in [0.15, 0.2) is 17.3 Å². The molecule has 0 saturated heterocycles. The Hall–Kier alpha value is -4.41. The summed E-state index contributed by atoms with van der Waals surface area (Å²) < 4.78 is 12.3. The highest BCUT2D eigenvalue weighted by Crippen LogP contribution is 2.39. The maximum Gasteiger partial charge on any atom is 0.269 e. The van der Waals surface area contributed by atoms with Crippen LogP contribution in [0.2, 0.25) is 0 Å². The van der Waals surface area contributed by atoms with E-state index in [1.165, 1.54) is 26.4 Å². The molecule has 2 heterocycles. The van der Waals surface area contributed by atoms with Crippen LogP contribution in [-0.2, 0) is 4.79 Å². The standard InChI is InChI=1S/C21H20N6O5/c1-11-17(19(22)28)18(13-6-9-15(31-2)16(10-13)32-3)26-21(23-11)24-20(25-26)12-4-7-14(8-5-12)27(29)30/h4-10,18H,1-3H3,(H2,22,28)(H,23,24,25). The Kier molecular flexibility index (Phi) is 5.23. The Balaban J connectivity index is 1.84. The fraction of sp³-hybridized carbons (Fsp3) is 0.190. The summed E-state index contributed by atoms with van der Waals surface area (Å²) in [5.74, 6) is 1.17. The number of carbonyl (C=O) groups is 1. The van der Waals surface area contributed by atoms with Crippen molar-refractivity contribution in [3.05, 3.63) is 69.4 Å². The Morgan fingerprint density at radius 1 is 1.16 bits per heavy atom. The molecule has 1 unspecified atom stereocenters. The number of non-ortho nitro benzene ring substituents is 1. The number of rotatable bonds is 6. The van der Waals surface area contributed by atoms with Gasteiger partial charge in [-0.25, -0.2) is 4.68 Å². The van der Waals surface area contributed by atoms with E-state index >= 15 is 0 Å². The van der Waals surface area contributed by atoms with Gasteiger partial charge in [-0.15, -0.1) is 5.10 Å². The Bertz CT molecular complexity index is 1250. The molecule has 1 aliphatic heterocycles. The van der Waals surface area contributed by atoms with Crippen LogP contribution in [0.15, 0.2) is 53.7 Å². The van der Waals surface area contributed by atoms with Crippen LogP contribution in [0.4, 0.5) is 11.6 Å². The van der Waals surface area contributed by atoms with Crippen LogP contribution in [0, 0.1) is 10.1 Å². The topological polar surface area (TPSA) is 147 Å². The third-order valence-corrected chi connectivity index (χ3v) is 5.18. The number of nitro benzene ring substituents is 1. The van der Waals surface area contributed by atoms with Crippen molar-refractivity contribution in [3.8, 4) is 22.9 Å². The number of hydrogen-bond donors (Lipinski definition) is 2. The molecule has 0 saturated carbocycles. The Morgan fingerprint density at radius 3 is 2.44 bits per heavy atom. The van der Waals surface area contributed by atoms with Gasteiger partial charge in [-0.2, -0.15) is 4.98 Å². The van der Waals surface area contributed by atoms with Gasteiger partial charge in [0.1, 0.15) is 6.04 Å². The molecule has 0 aliphatic carbocycles. The van der Waals surface area contributed by atoms with Gasteiger partial charge < -0.3 is 20.5 Å². The molecule has 0 fully saturated rings. The van der Waals surface area contributed by atoms with Crippen LogP contribution in [0.25, 0.3) is 11.4 Å². The number of primary amides is 1. The van der Waals surface area contributed by atoms with Crippen LogP contribution in [0.3, 0.4) is 0 Å². The lowest BCUT2D eigenvalue weighted by molar-refractivity contribution is -0.384. The van der Waals surface area contributed by atoms with Crippen molar-refractivity contribution in [2.75, 3.05) is 19.5 Å². The maximum atomic E-state index is 12.4. The minimum atomic E-state index is -0.664. The minimum absolute atomic E-state index is 0.0347. The van der Waals surface area contributed by atoms with Gasteiger partial charge >= 0.3 is 0 Å².